The van der Waals surface area contributed by atoms with E-state index in [2.05, 4.69) is 22.2 Å². The molecule has 1 heterocycles. The Kier molecular flexibility index (Phi) is 5.02. The third-order valence-corrected chi connectivity index (χ3v) is 3.45. The molecular formula is C16H20ClN3O. The van der Waals surface area contributed by atoms with Crippen LogP contribution in [0.2, 0.25) is 5.02 Å². The maximum atomic E-state index is 6.06. The van der Waals surface area contributed by atoms with E-state index in [9.17, 15) is 0 Å². The van der Waals surface area contributed by atoms with Crippen molar-refractivity contribution in [3.8, 4) is 11.6 Å². The lowest BCUT2D eigenvalue weighted by atomic mass is 10.1. The third kappa shape index (κ3) is 3.45. The molecule has 0 saturated heterocycles. The van der Waals surface area contributed by atoms with E-state index in [1.807, 2.05) is 32.9 Å². The Morgan fingerprint density at radius 3 is 2.38 bits per heavy atom. The quantitative estimate of drug-likeness (QED) is 0.881. The van der Waals surface area contributed by atoms with Gasteiger partial charge in [-0.25, -0.2) is 9.97 Å². The molecule has 1 aromatic carbocycles. The average Bonchev–Trinajstić information content (AvgIpc) is 2.43. The van der Waals surface area contributed by atoms with E-state index in [1.165, 1.54) is 6.33 Å². The molecule has 0 fully saturated rings. The Balaban J connectivity index is 2.42. The number of benzene rings is 1. The average molecular weight is 306 g/mol. The molecule has 0 aliphatic carbocycles. The smallest absolute Gasteiger partial charge is 0.227 e. The van der Waals surface area contributed by atoms with E-state index < -0.39 is 0 Å². The summed E-state index contributed by atoms with van der Waals surface area (Å²) in [6, 6.07) is 3.78. The summed E-state index contributed by atoms with van der Waals surface area (Å²) < 4.78 is 6.05. The first-order valence-corrected chi connectivity index (χ1v) is 7.46. The number of hydrogen-bond donors (Lipinski definition) is 1. The zero-order valence-corrected chi connectivity index (χ0v) is 13.6. The zero-order chi connectivity index (χ0) is 15.4. The summed E-state index contributed by atoms with van der Waals surface area (Å²) in [7, 11) is 0. The first-order chi connectivity index (χ1) is 10.1. The fraction of sp³-hybridized carbons (Fsp3) is 0.375. The summed E-state index contributed by atoms with van der Waals surface area (Å²) in [4.78, 5) is 8.56. The lowest BCUT2D eigenvalue weighted by Crippen LogP contribution is -2.06. The van der Waals surface area contributed by atoms with Crippen molar-refractivity contribution in [3.63, 3.8) is 0 Å². The van der Waals surface area contributed by atoms with Crippen molar-refractivity contribution in [3.05, 3.63) is 40.2 Å². The lowest BCUT2D eigenvalue weighted by Gasteiger charge is -2.15. The van der Waals surface area contributed by atoms with E-state index in [0.717, 1.165) is 41.2 Å². The van der Waals surface area contributed by atoms with Crippen LogP contribution in [0.4, 0.5) is 5.82 Å². The number of rotatable bonds is 5. The van der Waals surface area contributed by atoms with Gasteiger partial charge in [0.05, 0.1) is 5.56 Å². The maximum absolute atomic E-state index is 6.06. The highest BCUT2D eigenvalue weighted by Crippen LogP contribution is 2.33. The summed E-state index contributed by atoms with van der Waals surface area (Å²) in [5.74, 6) is 2.22. The van der Waals surface area contributed by atoms with Crippen LogP contribution < -0.4 is 10.1 Å². The standard InChI is InChI=1S/C16H20ClN3O/c1-5-13-15(18-6-2)19-9-20-16(13)21-14-10(3)7-12(17)8-11(14)4/h7-9H,5-6H2,1-4H3,(H,18,19,20). The maximum Gasteiger partial charge on any atom is 0.227 e. The van der Waals surface area contributed by atoms with Gasteiger partial charge in [0.15, 0.2) is 0 Å². The summed E-state index contributed by atoms with van der Waals surface area (Å²) in [5.41, 5.74) is 2.96. The molecule has 0 saturated carbocycles. The minimum absolute atomic E-state index is 0.594. The summed E-state index contributed by atoms with van der Waals surface area (Å²) in [5, 5.41) is 3.95. The summed E-state index contributed by atoms with van der Waals surface area (Å²) >= 11 is 6.06. The van der Waals surface area contributed by atoms with Crippen LogP contribution in [0.15, 0.2) is 18.5 Å². The van der Waals surface area contributed by atoms with Crippen molar-refractivity contribution in [1.82, 2.24) is 9.97 Å². The number of halogens is 1. The van der Waals surface area contributed by atoms with Gasteiger partial charge in [-0.05, 0) is 50.5 Å². The van der Waals surface area contributed by atoms with Gasteiger partial charge in [0.25, 0.3) is 0 Å². The Bertz CT molecular complexity index is 620. The van der Waals surface area contributed by atoms with E-state index in [4.69, 9.17) is 16.3 Å². The largest absolute Gasteiger partial charge is 0.438 e. The Morgan fingerprint density at radius 1 is 1.14 bits per heavy atom. The first kappa shape index (κ1) is 15.6. The number of aryl methyl sites for hydroxylation is 2. The van der Waals surface area contributed by atoms with Crippen LogP contribution in [0.1, 0.15) is 30.5 Å². The molecule has 4 nitrogen and oxygen atoms in total. The van der Waals surface area contributed by atoms with Crippen LogP contribution in [-0.4, -0.2) is 16.5 Å². The summed E-state index contributed by atoms with van der Waals surface area (Å²) in [6.45, 7) is 8.87. The minimum Gasteiger partial charge on any atom is -0.438 e. The normalized spacial score (nSPS) is 10.5. The van der Waals surface area contributed by atoms with Gasteiger partial charge in [0, 0.05) is 11.6 Å². The molecule has 0 amide bonds. The molecule has 0 bridgehead atoms. The van der Waals surface area contributed by atoms with E-state index in [1.54, 1.807) is 0 Å². The number of aromatic nitrogens is 2. The third-order valence-electron chi connectivity index (χ3n) is 3.23. The highest BCUT2D eigenvalue weighted by Gasteiger charge is 2.14. The van der Waals surface area contributed by atoms with E-state index >= 15 is 0 Å². The molecule has 5 heteroatoms. The van der Waals surface area contributed by atoms with Crippen LogP contribution in [0, 0.1) is 13.8 Å². The molecule has 0 spiro atoms. The van der Waals surface area contributed by atoms with Gasteiger partial charge in [-0.2, -0.15) is 0 Å². The second kappa shape index (κ2) is 6.76. The molecule has 0 aliphatic heterocycles. The Morgan fingerprint density at radius 2 is 1.81 bits per heavy atom. The van der Waals surface area contributed by atoms with Gasteiger partial charge in [0.1, 0.15) is 17.9 Å². The Hall–Kier alpha value is -1.81. The van der Waals surface area contributed by atoms with Gasteiger partial charge in [-0.15, -0.1) is 0 Å². The molecule has 0 radical (unpaired) electrons. The monoisotopic (exact) mass is 305 g/mol. The molecule has 112 valence electrons. The van der Waals surface area contributed by atoms with Crippen molar-refractivity contribution in [1.29, 1.82) is 0 Å². The molecular weight excluding hydrogens is 286 g/mol. The molecule has 1 N–H and O–H groups in total. The SMILES string of the molecule is CCNc1ncnc(Oc2c(C)cc(Cl)cc2C)c1CC. The molecule has 21 heavy (non-hydrogen) atoms. The first-order valence-electron chi connectivity index (χ1n) is 7.09. The fourth-order valence-corrected chi connectivity index (χ4v) is 2.60. The van der Waals surface area contributed by atoms with Crippen LogP contribution >= 0.6 is 11.6 Å². The van der Waals surface area contributed by atoms with E-state index in [-0.39, 0.29) is 0 Å². The highest BCUT2D eigenvalue weighted by molar-refractivity contribution is 6.30. The van der Waals surface area contributed by atoms with Crippen LogP contribution in [-0.2, 0) is 6.42 Å². The van der Waals surface area contributed by atoms with Crippen molar-refractivity contribution in [2.45, 2.75) is 34.1 Å². The lowest BCUT2D eigenvalue weighted by molar-refractivity contribution is 0.449. The molecule has 2 aromatic rings. The topological polar surface area (TPSA) is 47.0 Å². The minimum atomic E-state index is 0.594. The predicted molar refractivity (Wildman–Crippen MR) is 86.6 cm³/mol. The highest BCUT2D eigenvalue weighted by atomic mass is 35.5. The fourth-order valence-electron chi connectivity index (χ4n) is 2.28. The number of anilines is 1. The number of ether oxygens (including phenoxy) is 1. The number of nitrogens with one attached hydrogen (secondary N) is 1. The van der Waals surface area contributed by atoms with Gasteiger partial charge < -0.3 is 10.1 Å². The molecule has 0 unspecified atom stereocenters. The van der Waals surface area contributed by atoms with Crippen molar-refractivity contribution in [2.24, 2.45) is 0 Å². The van der Waals surface area contributed by atoms with Gasteiger partial charge in [-0.1, -0.05) is 18.5 Å². The zero-order valence-electron chi connectivity index (χ0n) is 12.8. The van der Waals surface area contributed by atoms with Gasteiger partial charge in [0.2, 0.25) is 5.88 Å². The molecule has 0 atom stereocenters. The second-order valence-corrected chi connectivity index (χ2v) is 5.30. The van der Waals surface area contributed by atoms with Crippen molar-refractivity contribution >= 4 is 17.4 Å². The molecule has 0 aliphatic rings. The van der Waals surface area contributed by atoms with Crippen LogP contribution in [0.25, 0.3) is 0 Å². The van der Waals surface area contributed by atoms with Crippen molar-refractivity contribution < 1.29 is 4.74 Å². The predicted octanol–water partition coefficient (Wildman–Crippen LogP) is 4.53. The van der Waals surface area contributed by atoms with E-state index in [0.29, 0.717) is 10.9 Å². The van der Waals surface area contributed by atoms with Crippen LogP contribution in [0.3, 0.4) is 0 Å². The molecule has 1 aromatic heterocycles. The summed E-state index contributed by atoms with van der Waals surface area (Å²) in [6.07, 6.45) is 2.32. The van der Waals surface area contributed by atoms with Gasteiger partial charge >= 0.3 is 0 Å². The van der Waals surface area contributed by atoms with Crippen molar-refractivity contribution in [2.75, 3.05) is 11.9 Å². The van der Waals surface area contributed by atoms with Crippen LogP contribution in [0.5, 0.6) is 11.6 Å². The number of hydrogen-bond acceptors (Lipinski definition) is 4. The Labute approximate surface area is 130 Å². The molecule has 2 rings (SSSR count). The number of nitrogens with zero attached hydrogens (tertiary/aromatic N) is 2. The van der Waals surface area contributed by atoms with Gasteiger partial charge in [-0.3, -0.25) is 0 Å². The second-order valence-electron chi connectivity index (χ2n) is 4.86.